The van der Waals surface area contributed by atoms with Crippen LogP contribution in [0.5, 0.6) is 0 Å². The van der Waals surface area contributed by atoms with Crippen molar-refractivity contribution < 1.29 is 9.53 Å². The molecule has 0 spiro atoms. The minimum atomic E-state index is -0.163. The fourth-order valence-electron chi connectivity index (χ4n) is 1.75. The summed E-state index contributed by atoms with van der Waals surface area (Å²) in [5.41, 5.74) is 2.14. The maximum Gasteiger partial charge on any atom is 0.306 e. The van der Waals surface area contributed by atoms with Crippen molar-refractivity contribution in [1.29, 1.82) is 0 Å². The molecule has 0 atom stereocenters. The van der Waals surface area contributed by atoms with Crippen molar-refractivity contribution in [1.82, 2.24) is 0 Å². The Morgan fingerprint density at radius 2 is 1.74 bits per heavy atom. The summed E-state index contributed by atoms with van der Waals surface area (Å²) in [4.78, 5) is 11.6. The van der Waals surface area contributed by atoms with Crippen LogP contribution in [0.1, 0.15) is 17.5 Å². The number of hydrogen-bond donors (Lipinski definition) is 0. The molecule has 0 heterocycles. The Labute approximate surface area is 121 Å². The van der Waals surface area contributed by atoms with Crippen molar-refractivity contribution in [3.63, 3.8) is 0 Å². The van der Waals surface area contributed by atoms with Crippen molar-refractivity contribution in [3.8, 4) is 0 Å². The lowest BCUT2D eigenvalue weighted by molar-refractivity contribution is -0.144. The second kappa shape index (κ2) is 7.10. The molecule has 19 heavy (non-hydrogen) atoms. The molecule has 0 saturated heterocycles. The van der Waals surface area contributed by atoms with E-state index in [1.807, 2.05) is 54.6 Å². The van der Waals surface area contributed by atoms with Gasteiger partial charge in [-0.1, -0.05) is 58.4 Å². The van der Waals surface area contributed by atoms with Crippen LogP contribution in [0, 0.1) is 0 Å². The van der Waals surface area contributed by atoms with Crippen molar-refractivity contribution in [2.24, 2.45) is 0 Å². The molecular formula is C16H15BrO2. The Morgan fingerprint density at radius 3 is 2.47 bits per heavy atom. The number of hydrogen-bond acceptors (Lipinski definition) is 2. The average Bonchev–Trinajstić information content (AvgIpc) is 2.44. The average molecular weight is 319 g/mol. The van der Waals surface area contributed by atoms with Crippen LogP contribution in [0.15, 0.2) is 59.1 Å². The molecule has 0 radical (unpaired) electrons. The van der Waals surface area contributed by atoms with Gasteiger partial charge >= 0.3 is 5.97 Å². The van der Waals surface area contributed by atoms with Crippen LogP contribution in [0.3, 0.4) is 0 Å². The van der Waals surface area contributed by atoms with E-state index in [0.29, 0.717) is 13.0 Å². The number of rotatable bonds is 5. The van der Waals surface area contributed by atoms with Crippen molar-refractivity contribution >= 4 is 21.9 Å². The number of ether oxygens (including phenoxy) is 1. The standard InChI is InChI=1S/C16H15BrO2/c17-15-8-4-7-14(11-15)12-19-16(18)10-9-13-5-2-1-3-6-13/h1-8,11H,9-10,12H2. The molecule has 2 aromatic rings. The van der Waals surface area contributed by atoms with E-state index in [2.05, 4.69) is 15.9 Å². The van der Waals surface area contributed by atoms with Gasteiger partial charge in [-0.3, -0.25) is 4.79 Å². The lowest BCUT2D eigenvalue weighted by Crippen LogP contribution is -2.05. The predicted molar refractivity (Wildman–Crippen MR) is 78.7 cm³/mol. The number of esters is 1. The van der Waals surface area contributed by atoms with E-state index in [9.17, 15) is 4.79 Å². The molecule has 0 fully saturated rings. The summed E-state index contributed by atoms with van der Waals surface area (Å²) < 4.78 is 6.24. The van der Waals surface area contributed by atoms with E-state index < -0.39 is 0 Å². The highest BCUT2D eigenvalue weighted by Gasteiger charge is 2.04. The summed E-state index contributed by atoms with van der Waals surface area (Å²) in [6.45, 7) is 0.326. The monoisotopic (exact) mass is 318 g/mol. The van der Waals surface area contributed by atoms with Crippen LogP contribution in [0.4, 0.5) is 0 Å². The summed E-state index contributed by atoms with van der Waals surface area (Å²) in [6, 6.07) is 17.7. The van der Waals surface area contributed by atoms with Crippen LogP contribution in [0.2, 0.25) is 0 Å². The zero-order valence-corrected chi connectivity index (χ0v) is 12.1. The van der Waals surface area contributed by atoms with E-state index in [1.54, 1.807) is 0 Å². The minimum Gasteiger partial charge on any atom is -0.461 e. The lowest BCUT2D eigenvalue weighted by atomic mass is 10.1. The number of benzene rings is 2. The zero-order valence-electron chi connectivity index (χ0n) is 10.5. The van der Waals surface area contributed by atoms with Gasteiger partial charge in [0, 0.05) is 10.9 Å². The van der Waals surface area contributed by atoms with E-state index >= 15 is 0 Å². The highest BCUT2D eigenvalue weighted by atomic mass is 79.9. The van der Waals surface area contributed by atoms with Gasteiger partial charge in [-0.25, -0.2) is 0 Å². The molecule has 98 valence electrons. The summed E-state index contributed by atoms with van der Waals surface area (Å²) in [5.74, 6) is -0.163. The molecule has 2 nitrogen and oxygen atoms in total. The summed E-state index contributed by atoms with van der Waals surface area (Å²) in [5, 5.41) is 0. The van der Waals surface area contributed by atoms with Crippen LogP contribution < -0.4 is 0 Å². The third-order valence-electron chi connectivity index (χ3n) is 2.75. The summed E-state index contributed by atoms with van der Waals surface area (Å²) >= 11 is 3.39. The van der Waals surface area contributed by atoms with E-state index in [4.69, 9.17) is 4.74 Å². The van der Waals surface area contributed by atoms with E-state index in [1.165, 1.54) is 0 Å². The second-order valence-electron chi connectivity index (χ2n) is 4.28. The van der Waals surface area contributed by atoms with Gasteiger partial charge in [0.25, 0.3) is 0 Å². The van der Waals surface area contributed by atoms with Crippen LogP contribution in [-0.2, 0) is 22.6 Å². The molecular weight excluding hydrogens is 304 g/mol. The van der Waals surface area contributed by atoms with Gasteiger partial charge in [0.1, 0.15) is 6.61 Å². The Balaban J connectivity index is 1.76. The Morgan fingerprint density at radius 1 is 1.00 bits per heavy atom. The maximum absolute atomic E-state index is 11.6. The molecule has 0 bridgehead atoms. The van der Waals surface area contributed by atoms with Crippen LogP contribution in [0.25, 0.3) is 0 Å². The molecule has 2 aromatic carbocycles. The van der Waals surface area contributed by atoms with Crippen LogP contribution in [-0.4, -0.2) is 5.97 Å². The SMILES string of the molecule is O=C(CCc1ccccc1)OCc1cccc(Br)c1. The second-order valence-corrected chi connectivity index (χ2v) is 5.19. The fourth-order valence-corrected chi connectivity index (χ4v) is 2.20. The maximum atomic E-state index is 11.6. The summed E-state index contributed by atoms with van der Waals surface area (Å²) in [7, 11) is 0. The molecule has 0 N–H and O–H groups in total. The lowest BCUT2D eigenvalue weighted by Gasteiger charge is -2.05. The molecule has 0 aliphatic carbocycles. The number of carbonyl (C=O) groups is 1. The minimum absolute atomic E-state index is 0.163. The number of halogens is 1. The Kier molecular flexibility index (Phi) is 5.16. The van der Waals surface area contributed by atoms with Gasteiger partial charge in [-0.15, -0.1) is 0 Å². The molecule has 2 rings (SSSR count). The normalized spacial score (nSPS) is 10.2. The molecule has 0 aliphatic rings. The fraction of sp³-hybridized carbons (Fsp3) is 0.188. The first-order chi connectivity index (χ1) is 9.24. The first kappa shape index (κ1) is 13.8. The van der Waals surface area contributed by atoms with Gasteiger partial charge in [0.05, 0.1) is 0 Å². The predicted octanol–water partition coefficient (Wildman–Crippen LogP) is 4.13. The summed E-state index contributed by atoms with van der Waals surface area (Å²) in [6.07, 6.45) is 1.14. The van der Waals surface area contributed by atoms with E-state index in [-0.39, 0.29) is 5.97 Å². The molecule has 0 aliphatic heterocycles. The number of aryl methyl sites for hydroxylation is 1. The van der Waals surface area contributed by atoms with Crippen molar-refractivity contribution in [3.05, 3.63) is 70.2 Å². The zero-order chi connectivity index (χ0) is 13.5. The van der Waals surface area contributed by atoms with Crippen LogP contribution >= 0.6 is 15.9 Å². The smallest absolute Gasteiger partial charge is 0.306 e. The molecule has 0 saturated carbocycles. The van der Waals surface area contributed by atoms with Crippen molar-refractivity contribution in [2.75, 3.05) is 0 Å². The van der Waals surface area contributed by atoms with Gasteiger partial charge < -0.3 is 4.74 Å². The largest absolute Gasteiger partial charge is 0.461 e. The third kappa shape index (κ3) is 4.87. The van der Waals surface area contributed by atoms with Crippen molar-refractivity contribution in [2.45, 2.75) is 19.4 Å². The third-order valence-corrected chi connectivity index (χ3v) is 3.24. The molecule has 0 amide bonds. The topological polar surface area (TPSA) is 26.3 Å². The van der Waals surface area contributed by atoms with Gasteiger partial charge in [0.15, 0.2) is 0 Å². The van der Waals surface area contributed by atoms with Gasteiger partial charge in [-0.05, 0) is 29.7 Å². The first-order valence-corrected chi connectivity index (χ1v) is 6.97. The Hall–Kier alpha value is -1.61. The highest BCUT2D eigenvalue weighted by molar-refractivity contribution is 9.10. The molecule has 3 heteroatoms. The molecule has 0 unspecified atom stereocenters. The number of carbonyl (C=O) groups excluding carboxylic acids is 1. The Bertz CT molecular complexity index is 537. The van der Waals surface area contributed by atoms with Gasteiger partial charge in [0.2, 0.25) is 0 Å². The highest BCUT2D eigenvalue weighted by Crippen LogP contribution is 2.12. The van der Waals surface area contributed by atoms with E-state index in [0.717, 1.165) is 22.0 Å². The quantitative estimate of drug-likeness (QED) is 0.775. The van der Waals surface area contributed by atoms with Gasteiger partial charge in [-0.2, -0.15) is 0 Å². The first-order valence-electron chi connectivity index (χ1n) is 6.18. The molecule has 0 aromatic heterocycles.